The van der Waals surface area contributed by atoms with Crippen molar-refractivity contribution in [2.24, 2.45) is 11.8 Å². The predicted molar refractivity (Wildman–Crippen MR) is 101 cm³/mol. The molecule has 0 bridgehead atoms. The van der Waals surface area contributed by atoms with Gasteiger partial charge in [0.15, 0.2) is 17.7 Å². The summed E-state index contributed by atoms with van der Waals surface area (Å²) in [5, 5.41) is 2.65. The fourth-order valence-corrected chi connectivity index (χ4v) is 3.39. The quantitative estimate of drug-likeness (QED) is 0.706. The zero-order chi connectivity index (χ0) is 20.0. The third-order valence-electron chi connectivity index (χ3n) is 5.27. The van der Waals surface area contributed by atoms with Crippen molar-refractivity contribution in [3.63, 3.8) is 0 Å². The van der Waals surface area contributed by atoms with Crippen LogP contribution in [-0.2, 0) is 14.3 Å². The molecule has 6 nitrogen and oxygen atoms in total. The summed E-state index contributed by atoms with van der Waals surface area (Å²) < 4.78 is 5.20. The largest absolute Gasteiger partial charge is 0.452 e. The smallest absolute Gasteiger partial charge is 0.309 e. The topological polar surface area (TPSA) is 89.5 Å². The number of nitrogens with one attached hydrogen (secondary N) is 1. The van der Waals surface area contributed by atoms with Gasteiger partial charge < -0.3 is 10.1 Å². The molecule has 0 saturated heterocycles. The van der Waals surface area contributed by atoms with Gasteiger partial charge in [0.25, 0.3) is 5.91 Å². The Morgan fingerprint density at radius 2 is 1.57 bits per heavy atom. The van der Waals surface area contributed by atoms with Gasteiger partial charge in [-0.3, -0.25) is 19.2 Å². The minimum atomic E-state index is -0.950. The van der Waals surface area contributed by atoms with E-state index < -0.39 is 12.0 Å². The summed E-state index contributed by atoms with van der Waals surface area (Å²) in [5.74, 6) is -1.15. The highest BCUT2D eigenvalue weighted by Crippen LogP contribution is 2.38. The number of amides is 1. The number of rotatable bonds is 4. The third kappa shape index (κ3) is 3.11. The molecule has 2 aromatic carbocycles. The molecule has 0 heterocycles. The first-order valence-electron chi connectivity index (χ1n) is 9.20. The Morgan fingerprint density at radius 1 is 1.00 bits per heavy atom. The Bertz CT molecular complexity index is 1030. The Morgan fingerprint density at radius 3 is 2.18 bits per heavy atom. The number of anilines is 1. The molecular weight excluding hydrogens is 358 g/mol. The average Bonchev–Trinajstić information content (AvgIpc) is 3.43. The second-order valence-corrected chi connectivity index (χ2v) is 7.35. The van der Waals surface area contributed by atoms with E-state index in [4.69, 9.17) is 4.74 Å². The van der Waals surface area contributed by atoms with Gasteiger partial charge in [-0.05, 0) is 37.5 Å². The molecule has 0 spiro atoms. The van der Waals surface area contributed by atoms with Crippen molar-refractivity contribution in [2.75, 3.05) is 5.32 Å². The van der Waals surface area contributed by atoms with Gasteiger partial charge >= 0.3 is 5.97 Å². The minimum Gasteiger partial charge on any atom is -0.452 e. The van der Waals surface area contributed by atoms with Crippen LogP contribution in [0.15, 0.2) is 42.5 Å². The number of fused-ring (bicyclic) bond motifs is 2. The molecule has 1 amide bonds. The lowest BCUT2D eigenvalue weighted by atomic mass is 9.84. The average molecular weight is 377 g/mol. The van der Waals surface area contributed by atoms with E-state index in [9.17, 15) is 19.2 Å². The normalized spacial score (nSPS) is 20.6. The molecule has 1 saturated carbocycles. The summed E-state index contributed by atoms with van der Waals surface area (Å²) in [4.78, 5) is 49.6. The lowest BCUT2D eigenvalue weighted by molar-refractivity contribution is -0.154. The predicted octanol–water partition coefficient (Wildman–Crippen LogP) is 2.99. The Hall–Kier alpha value is -3.28. The van der Waals surface area contributed by atoms with Gasteiger partial charge in [0.05, 0.1) is 5.92 Å². The number of hydrogen-bond acceptors (Lipinski definition) is 5. The number of ether oxygens (including phenoxy) is 1. The molecule has 2 aliphatic rings. The highest BCUT2D eigenvalue weighted by molar-refractivity contribution is 6.28. The molecule has 1 N–H and O–H groups in total. The molecule has 2 aromatic rings. The third-order valence-corrected chi connectivity index (χ3v) is 5.27. The Kier molecular flexibility index (Phi) is 4.34. The van der Waals surface area contributed by atoms with Crippen LogP contribution in [0.1, 0.15) is 52.1 Å². The first-order chi connectivity index (χ1) is 13.4. The van der Waals surface area contributed by atoms with Crippen LogP contribution in [0, 0.1) is 11.8 Å². The van der Waals surface area contributed by atoms with E-state index in [1.165, 1.54) is 19.1 Å². The summed E-state index contributed by atoms with van der Waals surface area (Å²) in [6.45, 7) is 3.46. The first-order valence-corrected chi connectivity index (χ1v) is 9.20. The summed E-state index contributed by atoms with van der Waals surface area (Å²) in [6, 6.07) is 11.2. The maximum Gasteiger partial charge on any atom is 0.309 e. The van der Waals surface area contributed by atoms with E-state index in [-0.39, 0.29) is 29.0 Å². The van der Waals surface area contributed by atoms with Crippen molar-refractivity contribution < 1.29 is 23.9 Å². The number of carbonyl (C=O) groups is 4. The number of benzene rings is 2. The fraction of sp³-hybridized carbons (Fsp3) is 0.273. The van der Waals surface area contributed by atoms with Crippen molar-refractivity contribution in [1.29, 1.82) is 0 Å². The number of hydrogen-bond donors (Lipinski definition) is 1. The maximum atomic E-state index is 12.7. The molecule has 1 fully saturated rings. The molecule has 0 radical (unpaired) electrons. The van der Waals surface area contributed by atoms with E-state index in [0.717, 1.165) is 6.42 Å². The molecule has 28 heavy (non-hydrogen) atoms. The van der Waals surface area contributed by atoms with E-state index in [1.807, 2.05) is 6.92 Å². The highest BCUT2D eigenvalue weighted by Gasteiger charge is 2.41. The molecule has 0 aliphatic heterocycles. The molecule has 0 aromatic heterocycles. The van der Waals surface area contributed by atoms with Crippen molar-refractivity contribution in [3.8, 4) is 0 Å². The van der Waals surface area contributed by atoms with Crippen LogP contribution in [0.5, 0.6) is 0 Å². The lowest BCUT2D eigenvalue weighted by Gasteiger charge is -2.19. The lowest BCUT2D eigenvalue weighted by Crippen LogP contribution is -2.31. The number of esters is 1. The zero-order valence-corrected chi connectivity index (χ0v) is 15.5. The zero-order valence-electron chi connectivity index (χ0n) is 15.5. The summed E-state index contributed by atoms with van der Waals surface area (Å²) in [7, 11) is 0. The SMILES string of the molecule is C[C@H](OC(=O)[C@H]1C[C@@H]1C)C(=O)Nc1ccc2c(c1)C(=O)c1ccccc1C2=O. The van der Waals surface area contributed by atoms with Gasteiger partial charge in [-0.25, -0.2) is 0 Å². The second kappa shape index (κ2) is 6.71. The Balaban J connectivity index is 1.51. The molecular formula is C22H19NO5. The second-order valence-electron chi connectivity index (χ2n) is 7.35. The van der Waals surface area contributed by atoms with Crippen LogP contribution in [0.25, 0.3) is 0 Å². The van der Waals surface area contributed by atoms with Crippen LogP contribution in [0.2, 0.25) is 0 Å². The highest BCUT2D eigenvalue weighted by atomic mass is 16.5. The number of carbonyl (C=O) groups excluding carboxylic acids is 4. The van der Waals surface area contributed by atoms with Crippen molar-refractivity contribution in [3.05, 3.63) is 64.7 Å². The van der Waals surface area contributed by atoms with Crippen molar-refractivity contribution in [1.82, 2.24) is 0 Å². The summed E-state index contributed by atoms with van der Waals surface area (Å²) in [5.41, 5.74) is 1.66. The molecule has 2 aliphatic carbocycles. The van der Waals surface area contributed by atoms with Crippen LogP contribution < -0.4 is 5.32 Å². The van der Waals surface area contributed by atoms with Crippen LogP contribution >= 0.6 is 0 Å². The minimum absolute atomic E-state index is 0.123. The van der Waals surface area contributed by atoms with E-state index in [0.29, 0.717) is 28.3 Å². The molecule has 0 unspecified atom stereocenters. The number of ketones is 2. The summed E-state index contributed by atoms with van der Waals surface area (Å²) in [6.07, 6.45) is -0.162. The first kappa shape index (κ1) is 18.1. The van der Waals surface area contributed by atoms with Gasteiger partial charge in [0, 0.05) is 27.9 Å². The van der Waals surface area contributed by atoms with Crippen molar-refractivity contribution in [2.45, 2.75) is 26.4 Å². The van der Waals surface area contributed by atoms with Gasteiger partial charge in [0.2, 0.25) is 0 Å². The van der Waals surface area contributed by atoms with E-state index in [1.54, 1.807) is 30.3 Å². The summed E-state index contributed by atoms with van der Waals surface area (Å²) >= 11 is 0. The van der Waals surface area contributed by atoms with E-state index in [2.05, 4.69) is 5.32 Å². The monoisotopic (exact) mass is 377 g/mol. The Labute approximate surface area is 161 Å². The van der Waals surface area contributed by atoms with Gasteiger partial charge in [-0.15, -0.1) is 0 Å². The van der Waals surface area contributed by atoms with Gasteiger partial charge in [-0.2, -0.15) is 0 Å². The van der Waals surface area contributed by atoms with Crippen molar-refractivity contribution >= 4 is 29.1 Å². The van der Waals surface area contributed by atoms with Gasteiger partial charge in [0.1, 0.15) is 0 Å². The molecule has 3 atom stereocenters. The molecule has 4 rings (SSSR count). The molecule has 6 heteroatoms. The molecule has 142 valence electrons. The van der Waals surface area contributed by atoms with Crippen LogP contribution in [0.4, 0.5) is 5.69 Å². The standard InChI is InChI=1S/C22H19NO5/c1-11-9-17(11)22(27)28-12(2)21(26)23-13-7-8-16-18(10-13)20(25)15-6-4-3-5-14(15)19(16)24/h3-8,10-12,17H,9H2,1-2H3,(H,23,26)/t11-,12-,17-/m0/s1. The van der Waals surface area contributed by atoms with Crippen LogP contribution in [-0.4, -0.2) is 29.5 Å². The maximum absolute atomic E-state index is 12.7. The van der Waals surface area contributed by atoms with E-state index >= 15 is 0 Å². The van der Waals surface area contributed by atoms with Crippen LogP contribution in [0.3, 0.4) is 0 Å². The fourth-order valence-electron chi connectivity index (χ4n) is 3.39. The van der Waals surface area contributed by atoms with Gasteiger partial charge in [-0.1, -0.05) is 31.2 Å².